The van der Waals surface area contributed by atoms with Gasteiger partial charge in [0.15, 0.2) is 5.58 Å². The Balaban J connectivity index is 2.23. The highest BCUT2D eigenvalue weighted by Crippen LogP contribution is 2.25. The summed E-state index contributed by atoms with van der Waals surface area (Å²) in [5.41, 5.74) is 3.76. The number of rotatable bonds is 1. The Bertz CT molecular complexity index is 629. The van der Waals surface area contributed by atoms with E-state index in [0.717, 1.165) is 22.2 Å². The van der Waals surface area contributed by atoms with E-state index in [9.17, 15) is 0 Å². The Morgan fingerprint density at radius 1 is 1.12 bits per heavy atom. The molecule has 0 amide bonds. The van der Waals surface area contributed by atoms with Crippen LogP contribution in [0.5, 0.6) is 0 Å². The molecule has 2 aromatic heterocycles. The van der Waals surface area contributed by atoms with Crippen LogP contribution in [0.15, 0.2) is 47.1 Å². The quantitative estimate of drug-likeness (QED) is 0.619. The van der Waals surface area contributed by atoms with Crippen LogP contribution in [-0.2, 0) is 0 Å². The SMILES string of the molecule is Cc1cccc2oc(-c3cccnc3)nc12. The van der Waals surface area contributed by atoms with Gasteiger partial charge in [-0.25, -0.2) is 4.98 Å². The maximum absolute atomic E-state index is 5.68. The van der Waals surface area contributed by atoms with Crippen molar-refractivity contribution in [2.75, 3.05) is 0 Å². The van der Waals surface area contributed by atoms with Crippen LogP contribution in [-0.4, -0.2) is 9.97 Å². The van der Waals surface area contributed by atoms with Gasteiger partial charge >= 0.3 is 0 Å². The van der Waals surface area contributed by atoms with Crippen molar-refractivity contribution in [3.8, 4) is 11.5 Å². The fourth-order valence-corrected chi connectivity index (χ4v) is 1.70. The fraction of sp³-hybridized carbons (Fsp3) is 0.0769. The summed E-state index contributed by atoms with van der Waals surface area (Å²) in [5, 5.41) is 0. The zero-order valence-corrected chi connectivity index (χ0v) is 8.84. The molecule has 0 saturated heterocycles. The van der Waals surface area contributed by atoms with Crippen LogP contribution in [0, 0.1) is 6.92 Å². The Morgan fingerprint density at radius 3 is 2.81 bits per heavy atom. The summed E-state index contributed by atoms with van der Waals surface area (Å²) in [7, 11) is 0. The number of nitrogens with zero attached hydrogens (tertiary/aromatic N) is 2. The average molecular weight is 210 g/mol. The van der Waals surface area contributed by atoms with E-state index in [4.69, 9.17) is 4.42 Å². The highest BCUT2D eigenvalue weighted by Gasteiger charge is 2.08. The number of aryl methyl sites for hydroxylation is 1. The molecule has 0 bridgehead atoms. The minimum Gasteiger partial charge on any atom is -0.436 e. The molecule has 1 aromatic carbocycles. The molecule has 3 rings (SSSR count). The number of para-hydroxylation sites is 1. The maximum atomic E-state index is 5.68. The molecule has 0 atom stereocenters. The first-order valence-electron chi connectivity index (χ1n) is 5.11. The van der Waals surface area contributed by atoms with Crippen molar-refractivity contribution in [2.45, 2.75) is 6.92 Å². The van der Waals surface area contributed by atoms with Gasteiger partial charge in [-0.15, -0.1) is 0 Å². The van der Waals surface area contributed by atoms with E-state index < -0.39 is 0 Å². The molecule has 0 radical (unpaired) electrons. The third-order valence-corrected chi connectivity index (χ3v) is 2.53. The number of benzene rings is 1. The second kappa shape index (κ2) is 3.45. The number of hydrogen-bond donors (Lipinski definition) is 0. The first kappa shape index (κ1) is 9.09. The summed E-state index contributed by atoms with van der Waals surface area (Å²) >= 11 is 0. The molecule has 0 spiro atoms. The molecule has 16 heavy (non-hydrogen) atoms. The monoisotopic (exact) mass is 210 g/mol. The highest BCUT2D eigenvalue weighted by atomic mass is 16.3. The van der Waals surface area contributed by atoms with Crippen molar-refractivity contribution >= 4 is 11.1 Å². The van der Waals surface area contributed by atoms with Crippen molar-refractivity contribution in [2.24, 2.45) is 0 Å². The second-order valence-corrected chi connectivity index (χ2v) is 3.68. The molecule has 0 unspecified atom stereocenters. The fourth-order valence-electron chi connectivity index (χ4n) is 1.70. The van der Waals surface area contributed by atoms with E-state index in [1.54, 1.807) is 12.4 Å². The van der Waals surface area contributed by atoms with Crippen molar-refractivity contribution in [1.82, 2.24) is 9.97 Å². The number of fused-ring (bicyclic) bond motifs is 1. The normalized spacial score (nSPS) is 10.8. The minimum absolute atomic E-state index is 0.623. The number of aromatic nitrogens is 2. The number of hydrogen-bond acceptors (Lipinski definition) is 3. The molecule has 0 fully saturated rings. The predicted octanol–water partition coefficient (Wildman–Crippen LogP) is 3.20. The van der Waals surface area contributed by atoms with Crippen molar-refractivity contribution in [1.29, 1.82) is 0 Å². The standard InChI is InChI=1S/C13H10N2O/c1-9-4-2-6-11-12(9)15-13(16-11)10-5-3-7-14-8-10/h2-8H,1H3. The van der Waals surface area contributed by atoms with Gasteiger partial charge in [0.1, 0.15) is 5.52 Å². The lowest BCUT2D eigenvalue weighted by atomic mass is 10.2. The molecule has 3 heteroatoms. The van der Waals surface area contributed by atoms with Gasteiger partial charge in [-0.1, -0.05) is 12.1 Å². The largest absolute Gasteiger partial charge is 0.436 e. The molecule has 3 nitrogen and oxygen atoms in total. The molecule has 3 aromatic rings. The summed E-state index contributed by atoms with van der Waals surface area (Å²) < 4.78 is 5.68. The third-order valence-electron chi connectivity index (χ3n) is 2.53. The first-order chi connectivity index (χ1) is 7.84. The van der Waals surface area contributed by atoms with Crippen molar-refractivity contribution in [3.63, 3.8) is 0 Å². The summed E-state index contributed by atoms with van der Waals surface area (Å²) in [5.74, 6) is 0.623. The zero-order chi connectivity index (χ0) is 11.0. The van der Waals surface area contributed by atoms with Gasteiger partial charge in [-0.3, -0.25) is 4.98 Å². The molecule has 78 valence electrons. The maximum Gasteiger partial charge on any atom is 0.228 e. The van der Waals surface area contributed by atoms with Gasteiger partial charge < -0.3 is 4.42 Å². The predicted molar refractivity (Wildman–Crippen MR) is 62.0 cm³/mol. The van der Waals surface area contributed by atoms with E-state index in [1.807, 2.05) is 37.3 Å². The zero-order valence-electron chi connectivity index (χ0n) is 8.84. The van der Waals surface area contributed by atoms with E-state index >= 15 is 0 Å². The van der Waals surface area contributed by atoms with E-state index in [2.05, 4.69) is 9.97 Å². The first-order valence-corrected chi connectivity index (χ1v) is 5.11. The third kappa shape index (κ3) is 1.37. The molecule has 2 heterocycles. The van der Waals surface area contributed by atoms with Crippen LogP contribution in [0.4, 0.5) is 0 Å². The number of pyridine rings is 1. The van der Waals surface area contributed by atoms with E-state index in [1.165, 1.54) is 0 Å². The Kier molecular flexibility index (Phi) is 1.96. The summed E-state index contributed by atoms with van der Waals surface area (Å²) in [4.78, 5) is 8.53. The molecular weight excluding hydrogens is 200 g/mol. The topological polar surface area (TPSA) is 38.9 Å². The van der Waals surface area contributed by atoms with Crippen molar-refractivity contribution < 1.29 is 4.42 Å². The number of oxazole rings is 1. The van der Waals surface area contributed by atoms with Gasteiger partial charge in [0, 0.05) is 12.4 Å². The summed E-state index contributed by atoms with van der Waals surface area (Å²) in [6.07, 6.45) is 3.48. The lowest BCUT2D eigenvalue weighted by Gasteiger charge is -1.90. The molecule has 0 aliphatic heterocycles. The van der Waals surface area contributed by atoms with Crippen LogP contribution in [0.3, 0.4) is 0 Å². The molecule has 0 saturated carbocycles. The summed E-state index contributed by atoms with van der Waals surface area (Å²) in [6, 6.07) is 9.73. The minimum atomic E-state index is 0.623. The lowest BCUT2D eigenvalue weighted by Crippen LogP contribution is -1.78. The Labute approximate surface area is 92.8 Å². The Morgan fingerprint density at radius 2 is 2.06 bits per heavy atom. The molecule has 0 aliphatic carbocycles. The van der Waals surface area contributed by atoms with Gasteiger partial charge in [0.05, 0.1) is 5.56 Å². The lowest BCUT2D eigenvalue weighted by molar-refractivity contribution is 0.619. The summed E-state index contributed by atoms with van der Waals surface area (Å²) in [6.45, 7) is 2.03. The van der Waals surface area contributed by atoms with Crippen LogP contribution < -0.4 is 0 Å². The van der Waals surface area contributed by atoms with Gasteiger partial charge in [-0.2, -0.15) is 0 Å². The van der Waals surface area contributed by atoms with Gasteiger partial charge in [-0.05, 0) is 30.7 Å². The Hall–Kier alpha value is -2.16. The average Bonchev–Trinajstić information content (AvgIpc) is 2.76. The smallest absolute Gasteiger partial charge is 0.228 e. The molecule has 0 N–H and O–H groups in total. The van der Waals surface area contributed by atoms with Crippen LogP contribution in [0.25, 0.3) is 22.6 Å². The van der Waals surface area contributed by atoms with Gasteiger partial charge in [0.25, 0.3) is 0 Å². The van der Waals surface area contributed by atoms with Crippen molar-refractivity contribution in [3.05, 3.63) is 48.3 Å². The van der Waals surface area contributed by atoms with Crippen LogP contribution in [0.1, 0.15) is 5.56 Å². The van der Waals surface area contributed by atoms with Crippen LogP contribution >= 0.6 is 0 Å². The highest BCUT2D eigenvalue weighted by molar-refractivity contribution is 5.79. The molecule has 0 aliphatic rings. The van der Waals surface area contributed by atoms with Crippen LogP contribution in [0.2, 0.25) is 0 Å². The van der Waals surface area contributed by atoms with Gasteiger partial charge in [0.2, 0.25) is 5.89 Å². The molecular formula is C13H10N2O. The van der Waals surface area contributed by atoms with E-state index in [0.29, 0.717) is 5.89 Å². The van der Waals surface area contributed by atoms with E-state index in [-0.39, 0.29) is 0 Å². The second-order valence-electron chi connectivity index (χ2n) is 3.68.